The van der Waals surface area contributed by atoms with Crippen LogP contribution in [0.2, 0.25) is 0 Å². The first kappa shape index (κ1) is 28.4. The van der Waals surface area contributed by atoms with Gasteiger partial charge in [-0.2, -0.15) is 0 Å². The minimum absolute atomic E-state index is 0.159. The van der Waals surface area contributed by atoms with Gasteiger partial charge in [-0.1, -0.05) is 30.3 Å². The highest BCUT2D eigenvalue weighted by Crippen LogP contribution is 2.23. The van der Waals surface area contributed by atoms with Gasteiger partial charge < -0.3 is 19.9 Å². The molecule has 0 bridgehead atoms. The summed E-state index contributed by atoms with van der Waals surface area (Å²) in [6.07, 6.45) is 3.48. The van der Waals surface area contributed by atoms with Crippen LogP contribution in [0.1, 0.15) is 44.9 Å². The Balaban J connectivity index is 1.45. The molecule has 4 rings (SSSR count). The average Bonchev–Trinajstić information content (AvgIpc) is 3.31. The van der Waals surface area contributed by atoms with Crippen LogP contribution in [-0.2, 0) is 26.3 Å². The predicted octanol–water partition coefficient (Wildman–Crippen LogP) is 4.04. The second kappa shape index (κ2) is 12.0. The molecule has 2 aromatic carbocycles. The van der Waals surface area contributed by atoms with Crippen molar-refractivity contribution in [3.05, 3.63) is 83.8 Å². The molecular weight excluding hydrogens is 504 g/mol. The molecule has 0 unspecified atom stereocenters. The third kappa shape index (κ3) is 7.70. The normalized spacial score (nSPS) is 18.9. The Morgan fingerprint density at radius 3 is 2.36 bits per heavy atom. The molecule has 2 amide bonds. The highest BCUT2D eigenvalue weighted by molar-refractivity contribution is 5.97. The molecule has 0 spiro atoms. The van der Waals surface area contributed by atoms with E-state index >= 15 is 0 Å². The zero-order chi connectivity index (χ0) is 28.2. The van der Waals surface area contributed by atoms with Crippen LogP contribution >= 0.6 is 0 Å². The van der Waals surface area contributed by atoms with E-state index in [-0.39, 0.29) is 29.7 Å². The first-order chi connectivity index (χ1) is 18.5. The molecule has 2 heterocycles. The van der Waals surface area contributed by atoms with E-state index < -0.39 is 29.5 Å². The van der Waals surface area contributed by atoms with Crippen molar-refractivity contribution in [2.75, 3.05) is 25.0 Å². The molecule has 1 fully saturated rings. The molecule has 0 saturated carbocycles. The Morgan fingerprint density at radius 2 is 1.72 bits per heavy atom. The number of nitrogens with zero attached hydrogens (tertiary/aromatic N) is 3. The Bertz CT molecular complexity index is 1270. The predicted molar refractivity (Wildman–Crippen MR) is 144 cm³/mol. The van der Waals surface area contributed by atoms with Crippen molar-refractivity contribution < 1.29 is 23.1 Å². The third-order valence-electron chi connectivity index (χ3n) is 6.63. The van der Waals surface area contributed by atoms with E-state index in [1.165, 1.54) is 0 Å². The number of carbonyl (C=O) groups is 2. The smallest absolute Gasteiger partial charge is 0.252 e. The van der Waals surface area contributed by atoms with Gasteiger partial charge >= 0.3 is 0 Å². The SMILES string of the molecule is C[C@@H]1CN(CC(C)(C)n2cnc(NC(=O)[C@@H](NC(=O)Cc3cc(F)cc(F)c3)c3ccccc3)c2)C[C@H](C)O1. The van der Waals surface area contributed by atoms with Gasteiger partial charge in [-0.05, 0) is 51.0 Å². The molecule has 208 valence electrons. The molecule has 1 aliphatic rings. The highest BCUT2D eigenvalue weighted by Gasteiger charge is 2.30. The van der Waals surface area contributed by atoms with Gasteiger partial charge in [0.15, 0.2) is 5.82 Å². The summed E-state index contributed by atoms with van der Waals surface area (Å²) in [6.45, 7) is 10.8. The number of amides is 2. The van der Waals surface area contributed by atoms with Gasteiger partial charge in [-0.3, -0.25) is 14.5 Å². The topological polar surface area (TPSA) is 88.5 Å². The maximum Gasteiger partial charge on any atom is 0.252 e. The summed E-state index contributed by atoms with van der Waals surface area (Å²) < 4.78 is 35.0. The quantitative estimate of drug-likeness (QED) is 0.429. The van der Waals surface area contributed by atoms with Crippen molar-refractivity contribution in [3.63, 3.8) is 0 Å². The maximum atomic E-state index is 13.6. The lowest BCUT2D eigenvalue weighted by molar-refractivity contribution is -0.126. The summed E-state index contributed by atoms with van der Waals surface area (Å²) in [4.78, 5) is 32.9. The first-order valence-electron chi connectivity index (χ1n) is 13.0. The molecule has 10 heteroatoms. The summed E-state index contributed by atoms with van der Waals surface area (Å²) in [5.74, 6) is -2.24. The van der Waals surface area contributed by atoms with Crippen molar-refractivity contribution in [1.82, 2.24) is 19.8 Å². The van der Waals surface area contributed by atoms with Crippen molar-refractivity contribution in [1.29, 1.82) is 0 Å². The molecule has 0 radical (unpaired) electrons. The van der Waals surface area contributed by atoms with Gasteiger partial charge in [0.1, 0.15) is 17.7 Å². The largest absolute Gasteiger partial charge is 0.373 e. The molecular formula is C29H35F2N5O3. The van der Waals surface area contributed by atoms with Crippen LogP contribution in [0.3, 0.4) is 0 Å². The molecule has 1 aromatic heterocycles. The van der Waals surface area contributed by atoms with Crippen LogP contribution in [0, 0.1) is 11.6 Å². The molecule has 39 heavy (non-hydrogen) atoms. The van der Waals surface area contributed by atoms with Gasteiger partial charge in [-0.25, -0.2) is 13.8 Å². The molecule has 3 atom stereocenters. The van der Waals surface area contributed by atoms with E-state index in [0.717, 1.165) is 37.8 Å². The monoisotopic (exact) mass is 539 g/mol. The lowest BCUT2D eigenvalue weighted by Crippen LogP contribution is -2.50. The maximum absolute atomic E-state index is 13.6. The van der Waals surface area contributed by atoms with Gasteiger partial charge in [0, 0.05) is 31.9 Å². The van der Waals surface area contributed by atoms with Crippen LogP contribution < -0.4 is 10.6 Å². The van der Waals surface area contributed by atoms with Gasteiger partial charge in [0.05, 0.1) is 30.5 Å². The molecule has 1 saturated heterocycles. The minimum atomic E-state index is -1.04. The van der Waals surface area contributed by atoms with Gasteiger partial charge in [0.25, 0.3) is 5.91 Å². The van der Waals surface area contributed by atoms with Crippen LogP contribution in [0.4, 0.5) is 14.6 Å². The molecule has 3 aromatic rings. The van der Waals surface area contributed by atoms with Crippen LogP contribution in [0.25, 0.3) is 0 Å². The molecule has 8 nitrogen and oxygen atoms in total. The lowest BCUT2D eigenvalue weighted by Gasteiger charge is -2.40. The third-order valence-corrected chi connectivity index (χ3v) is 6.63. The van der Waals surface area contributed by atoms with Gasteiger partial charge in [0.2, 0.25) is 5.91 Å². The number of anilines is 1. The summed E-state index contributed by atoms with van der Waals surface area (Å²) in [5, 5.41) is 5.49. The number of benzene rings is 2. The van der Waals surface area contributed by atoms with Crippen molar-refractivity contribution in [3.8, 4) is 0 Å². The van der Waals surface area contributed by atoms with E-state index in [1.54, 1.807) is 42.9 Å². The number of halogens is 2. The van der Waals surface area contributed by atoms with Gasteiger partial charge in [-0.15, -0.1) is 0 Å². The minimum Gasteiger partial charge on any atom is -0.373 e. The number of carbonyl (C=O) groups excluding carboxylic acids is 2. The molecule has 2 N–H and O–H groups in total. The Labute approximate surface area is 227 Å². The fourth-order valence-electron chi connectivity index (χ4n) is 5.02. The Kier molecular flexibility index (Phi) is 8.76. The lowest BCUT2D eigenvalue weighted by atomic mass is 10.0. The van der Waals surface area contributed by atoms with E-state index in [0.29, 0.717) is 11.4 Å². The van der Waals surface area contributed by atoms with Crippen LogP contribution in [-0.4, -0.2) is 58.1 Å². The number of aromatic nitrogens is 2. The van der Waals surface area contributed by atoms with Crippen LogP contribution in [0.5, 0.6) is 0 Å². The van der Waals surface area contributed by atoms with E-state index in [4.69, 9.17) is 4.74 Å². The number of morpholine rings is 1. The van der Waals surface area contributed by atoms with Crippen molar-refractivity contribution in [2.45, 2.75) is 57.9 Å². The number of nitrogens with one attached hydrogen (secondary N) is 2. The second-order valence-electron chi connectivity index (χ2n) is 10.8. The molecule has 1 aliphatic heterocycles. The number of hydrogen-bond donors (Lipinski definition) is 2. The number of hydrogen-bond acceptors (Lipinski definition) is 5. The second-order valence-corrected chi connectivity index (χ2v) is 10.8. The summed E-state index contributed by atoms with van der Waals surface area (Å²) in [7, 11) is 0. The van der Waals surface area contributed by atoms with Crippen molar-refractivity contribution >= 4 is 17.6 Å². The van der Waals surface area contributed by atoms with Crippen LogP contribution in [0.15, 0.2) is 61.1 Å². The fourth-order valence-corrected chi connectivity index (χ4v) is 5.02. The Morgan fingerprint density at radius 1 is 1.08 bits per heavy atom. The summed E-state index contributed by atoms with van der Waals surface area (Å²) in [6, 6.07) is 10.6. The summed E-state index contributed by atoms with van der Waals surface area (Å²) in [5.41, 5.74) is 0.423. The number of rotatable bonds is 9. The Hall–Kier alpha value is -3.63. The fraction of sp³-hybridized carbons (Fsp3) is 0.414. The van der Waals surface area contributed by atoms with Crippen molar-refractivity contribution in [2.24, 2.45) is 0 Å². The van der Waals surface area contributed by atoms with E-state index in [2.05, 4.69) is 48.2 Å². The van der Waals surface area contributed by atoms with E-state index in [1.807, 2.05) is 4.57 Å². The first-order valence-corrected chi connectivity index (χ1v) is 13.0. The van der Waals surface area contributed by atoms with E-state index in [9.17, 15) is 18.4 Å². The average molecular weight is 540 g/mol. The highest BCUT2D eigenvalue weighted by atomic mass is 19.1. The zero-order valence-corrected chi connectivity index (χ0v) is 22.7. The number of imidazole rings is 1. The zero-order valence-electron chi connectivity index (χ0n) is 22.7. The summed E-state index contributed by atoms with van der Waals surface area (Å²) >= 11 is 0. The molecule has 0 aliphatic carbocycles. The standard InChI is InChI=1S/C29H35F2N5O3/c1-19-14-35(15-20(2)39-19)17-29(3,4)36-16-25(32-18-36)33-28(38)27(22-8-6-5-7-9-22)34-26(37)12-21-10-23(30)13-24(31)11-21/h5-11,13,16,18-20,27H,12,14-15,17H2,1-4H3,(H,33,38)(H,34,37)/t19-,20+,27-/m0/s1. The number of ether oxygens (including phenoxy) is 1.